The Kier molecular flexibility index (Phi) is 6.28. The number of aryl methyl sites for hydroxylation is 1. The van der Waals surface area contributed by atoms with Crippen LogP contribution in [0, 0.1) is 5.92 Å². The van der Waals surface area contributed by atoms with E-state index in [-0.39, 0.29) is 23.8 Å². The van der Waals surface area contributed by atoms with Crippen molar-refractivity contribution in [1.29, 1.82) is 0 Å². The summed E-state index contributed by atoms with van der Waals surface area (Å²) in [4.78, 5) is 17.3. The molecule has 2 N–H and O–H groups in total. The van der Waals surface area contributed by atoms with Gasteiger partial charge in [0.25, 0.3) is 5.91 Å². The summed E-state index contributed by atoms with van der Waals surface area (Å²) in [5.41, 5.74) is 2.26. The van der Waals surface area contributed by atoms with Crippen molar-refractivity contribution in [1.82, 2.24) is 9.55 Å². The van der Waals surface area contributed by atoms with Crippen molar-refractivity contribution in [3.05, 3.63) is 60.0 Å². The largest absolute Gasteiger partial charge is 0.573 e. The number of amides is 1. The zero-order valence-corrected chi connectivity index (χ0v) is 17.7. The highest BCUT2D eigenvalue weighted by Crippen LogP contribution is 2.30. The second kappa shape index (κ2) is 9.14. The maximum absolute atomic E-state index is 12.6. The summed E-state index contributed by atoms with van der Waals surface area (Å²) in [5, 5.41) is 12.1. The Balaban J connectivity index is 1.46. The predicted octanol–water partition coefficient (Wildman–Crippen LogP) is 4.26. The first-order valence-electron chi connectivity index (χ1n) is 10.3. The maximum atomic E-state index is 12.6. The second-order valence-corrected chi connectivity index (χ2v) is 7.72. The molecule has 0 fully saturated rings. The third kappa shape index (κ3) is 5.28. The maximum Gasteiger partial charge on any atom is 0.573 e. The predicted molar refractivity (Wildman–Crippen MR) is 114 cm³/mol. The van der Waals surface area contributed by atoms with Crippen LogP contribution in [0.3, 0.4) is 0 Å². The third-order valence-electron chi connectivity index (χ3n) is 5.44. The molecule has 3 aromatic rings. The van der Waals surface area contributed by atoms with Crippen molar-refractivity contribution in [3.8, 4) is 22.8 Å². The third-order valence-corrected chi connectivity index (χ3v) is 5.44. The van der Waals surface area contributed by atoms with Crippen LogP contribution in [0.15, 0.2) is 48.7 Å². The van der Waals surface area contributed by atoms with Crippen molar-refractivity contribution >= 4 is 11.6 Å². The number of imidazole rings is 1. The zero-order valence-electron chi connectivity index (χ0n) is 17.7. The van der Waals surface area contributed by atoms with Crippen LogP contribution < -0.4 is 14.8 Å². The van der Waals surface area contributed by atoms with E-state index in [1.807, 2.05) is 18.3 Å². The summed E-state index contributed by atoms with van der Waals surface area (Å²) < 4.78 is 48.2. The highest BCUT2D eigenvalue weighted by molar-refractivity contribution is 6.06. The number of fused-ring (bicyclic) bond motifs is 1. The zero-order chi connectivity index (χ0) is 23.6. The summed E-state index contributed by atoms with van der Waals surface area (Å²) in [6.45, 7) is 0.895. The number of nitrogens with zero attached hydrogens (tertiary/aromatic N) is 2. The summed E-state index contributed by atoms with van der Waals surface area (Å²) in [5.74, 6) is 0.162. The van der Waals surface area contributed by atoms with Gasteiger partial charge in [-0.25, -0.2) is 4.98 Å². The first kappa shape index (κ1) is 22.7. The number of aromatic nitrogens is 2. The lowest BCUT2D eigenvalue weighted by Crippen LogP contribution is -2.22. The molecule has 4 rings (SSSR count). The van der Waals surface area contributed by atoms with Crippen molar-refractivity contribution in [2.75, 3.05) is 19.0 Å². The number of hydrogen-bond acceptors (Lipinski definition) is 5. The Hall–Kier alpha value is -3.53. The van der Waals surface area contributed by atoms with Crippen LogP contribution in [0.1, 0.15) is 22.6 Å². The van der Waals surface area contributed by atoms with Crippen molar-refractivity contribution in [2.45, 2.75) is 25.7 Å². The second-order valence-electron chi connectivity index (χ2n) is 7.72. The molecule has 7 nitrogen and oxygen atoms in total. The molecule has 2 aromatic carbocycles. The lowest BCUT2D eigenvalue weighted by Gasteiger charge is -2.21. The Morgan fingerprint density at radius 2 is 2.00 bits per heavy atom. The highest BCUT2D eigenvalue weighted by atomic mass is 19.4. The van der Waals surface area contributed by atoms with Gasteiger partial charge >= 0.3 is 6.36 Å². The van der Waals surface area contributed by atoms with Gasteiger partial charge in [0.2, 0.25) is 0 Å². The normalized spacial score (nSPS) is 15.6. The monoisotopic (exact) mass is 461 g/mol. The molecule has 0 saturated carbocycles. The van der Waals surface area contributed by atoms with E-state index >= 15 is 0 Å². The Labute approximate surface area is 187 Å². The first-order valence-corrected chi connectivity index (χ1v) is 10.3. The molecule has 1 unspecified atom stereocenters. The van der Waals surface area contributed by atoms with Crippen LogP contribution in [0.4, 0.5) is 18.9 Å². The SMILES string of the molecule is COc1cc(OC(F)(F)F)ccc1C(=O)Nc1ccc(-c2cn3c(n2)CCC(CO)C3)cc1. The average molecular weight is 461 g/mol. The number of benzene rings is 2. The van der Waals surface area contributed by atoms with Crippen molar-refractivity contribution in [3.63, 3.8) is 0 Å². The summed E-state index contributed by atoms with van der Waals surface area (Å²) in [6, 6.07) is 10.4. The van der Waals surface area contributed by atoms with Gasteiger partial charge in [0.05, 0.1) is 18.4 Å². The van der Waals surface area contributed by atoms with Gasteiger partial charge in [-0.1, -0.05) is 12.1 Å². The lowest BCUT2D eigenvalue weighted by atomic mass is 10.0. The van der Waals surface area contributed by atoms with Gasteiger partial charge in [0.15, 0.2) is 0 Å². The Morgan fingerprint density at radius 1 is 1.24 bits per heavy atom. The van der Waals surface area contributed by atoms with E-state index in [0.717, 1.165) is 48.6 Å². The van der Waals surface area contributed by atoms with Crippen LogP contribution in [-0.2, 0) is 13.0 Å². The molecule has 1 aromatic heterocycles. The van der Waals surface area contributed by atoms with Gasteiger partial charge in [-0.3, -0.25) is 4.79 Å². The average Bonchev–Trinajstić information content (AvgIpc) is 3.21. The molecule has 0 bridgehead atoms. The number of nitrogens with one attached hydrogen (secondary N) is 1. The topological polar surface area (TPSA) is 85.6 Å². The fourth-order valence-electron chi connectivity index (χ4n) is 3.78. The van der Waals surface area contributed by atoms with E-state index in [9.17, 15) is 23.1 Å². The fraction of sp³-hybridized carbons (Fsp3) is 0.304. The summed E-state index contributed by atoms with van der Waals surface area (Å²) >= 11 is 0. The standard InChI is InChI=1S/C23H22F3N3O4/c1-32-20-10-17(33-23(24,25)26)7-8-18(20)22(31)27-16-5-3-15(4-6-16)19-12-29-11-14(13-30)2-9-21(29)28-19/h3-8,10,12,14,30H,2,9,11,13H2,1H3,(H,27,31). The number of ether oxygens (including phenoxy) is 2. The minimum absolute atomic E-state index is 0.0457. The van der Waals surface area contributed by atoms with Gasteiger partial charge in [0, 0.05) is 49.0 Å². The van der Waals surface area contributed by atoms with E-state index in [4.69, 9.17) is 4.74 Å². The molecule has 10 heteroatoms. The van der Waals surface area contributed by atoms with E-state index in [0.29, 0.717) is 5.69 Å². The summed E-state index contributed by atoms with van der Waals surface area (Å²) in [7, 11) is 1.26. The molecule has 0 spiro atoms. The number of hydrogen-bond donors (Lipinski definition) is 2. The molecule has 0 radical (unpaired) electrons. The van der Waals surface area contributed by atoms with E-state index in [1.54, 1.807) is 12.1 Å². The van der Waals surface area contributed by atoms with Gasteiger partial charge in [0.1, 0.15) is 17.3 Å². The summed E-state index contributed by atoms with van der Waals surface area (Å²) in [6.07, 6.45) is -1.16. The molecular formula is C23H22F3N3O4. The Morgan fingerprint density at radius 3 is 2.67 bits per heavy atom. The number of carbonyl (C=O) groups is 1. The van der Waals surface area contributed by atoms with Crippen LogP contribution in [0.25, 0.3) is 11.3 Å². The van der Waals surface area contributed by atoms with Gasteiger partial charge in [-0.15, -0.1) is 13.2 Å². The smallest absolute Gasteiger partial charge is 0.496 e. The van der Waals surface area contributed by atoms with Gasteiger partial charge in [-0.2, -0.15) is 0 Å². The van der Waals surface area contributed by atoms with Crippen molar-refractivity contribution in [2.24, 2.45) is 5.92 Å². The number of rotatable bonds is 6. The van der Waals surface area contributed by atoms with Crippen LogP contribution in [-0.4, -0.2) is 40.6 Å². The number of anilines is 1. The number of methoxy groups -OCH3 is 1. The highest BCUT2D eigenvalue weighted by Gasteiger charge is 2.31. The molecule has 1 atom stereocenters. The molecular weight excluding hydrogens is 439 g/mol. The molecule has 0 saturated heterocycles. The van der Waals surface area contributed by atoms with E-state index in [1.165, 1.54) is 13.2 Å². The lowest BCUT2D eigenvalue weighted by molar-refractivity contribution is -0.274. The van der Waals surface area contributed by atoms with E-state index in [2.05, 4.69) is 19.6 Å². The molecule has 1 aliphatic rings. The number of aliphatic hydroxyl groups is 1. The molecule has 33 heavy (non-hydrogen) atoms. The first-order chi connectivity index (χ1) is 15.8. The molecule has 0 aliphatic carbocycles. The molecule has 174 valence electrons. The van der Waals surface area contributed by atoms with Crippen LogP contribution in [0.5, 0.6) is 11.5 Å². The molecule has 1 amide bonds. The quantitative estimate of drug-likeness (QED) is 0.573. The fourth-order valence-corrected chi connectivity index (χ4v) is 3.78. The van der Waals surface area contributed by atoms with E-state index < -0.39 is 18.0 Å². The van der Waals surface area contributed by atoms with Crippen LogP contribution in [0.2, 0.25) is 0 Å². The number of halogens is 3. The van der Waals surface area contributed by atoms with Gasteiger partial charge < -0.3 is 24.5 Å². The minimum atomic E-state index is -4.84. The number of aliphatic hydroxyl groups excluding tert-OH is 1. The minimum Gasteiger partial charge on any atom is -0.496 e. The number of alkyl halides is 3. The van der Waals surface area contributed by atoms with Crippen molar-refractivity contribution < 1.29 is 32.5 Å². The molecule has 2 heterocycles. The number of carbonyl (C=O) groups excluding carboxylic acids is 1. The van der Waals surface area contributed by atoms with Crippen LogP contribution >= 0.6 is 0 Å². The molecule has 1 aliphatic heterocycles. The van der Waals surface area contributed by atoms with Gasteiger partial charge in [-0.05, 0) is 30.7 Å². The Bertz CT molecular complexity index is 1140.